The number of hydrogen-bond donors (Lipinski definition) is 1. The quantitative estimate of drug-likeness (QED) is 0.760. The Balaban J connectivity index is 2.73. The van der Waals surface area contributed by atoms with Crippen molar-refractivity contribution < 1.29 is 9.13 Å². The number of hydrogen-bond acceptors (Lipinski definition) is 4. The van der Waals surface area contributed by atoms with E-state index < -0.39 is 0 Å². The van der Waals surface area contributed by atoms with E-state index in [2.05, 4.69) is 43.0 Å². The summed E-state index contributed by atoms with van der Waals surface area (Å²) in [5.74, 6) is 0.0553. The van der Waals surface area contributed by atoms with Gasteiger partial charge in [-0.1, -0.05) is 13.8 Å². The number of methoxy groups -OCH3 is 1. The molecule has 1 rings (SSSR count). The lowest BCUT2D eigenvalue weighted by molar-refractivity contribution is 0.102. The summed E-state index contributed by atoms with van der Waals surface area (Å²) in [6.07, 6.45) is 1.28. The van der Waals surface area contributed by atoms with Crippen LogP contribution in [0.1, 0.15) is 32.5 Å². The minimum atomic E-state index is -0.299. The summed E-state index contributed by atoms with van der Waals surface area (Å²) in [5.41, 5.74) is 0.888. The third kappa shape index (κ3) is 5.69. The van der Waals surface area contributed by atoms with Crippen LogP contribution in [0.4, 0.5) is 4.39 Å². The summed E-state index contributed by atoms with van der Waals surface area (Å²) >= 11 is 0. The first-order valence-electron chi connectivity index (χ1n) is 7.53. The average molecular weight is 297 g/mol. The predicted molar refractivity (Wildman–Crippen MR) is 83.7 cm³/mol. The van der Waals surface area contributed by atoms with Gasteiger partial charge in [-0.05, 0) is 38.6 Å². The van der Waals surface area contributed by atoms with E-state index in [1.54, 1.807) is 13.2 Å². The van der Waals surface area contributed by atoms with Crippen molar-refractivity contribution in [2.75, 3.05) is 33.9 Å². The van der Waals surface area contributed by atoms with Crippen LogP contribution in [0, 0.1) is 11.7 Å². The van der Waals surface area contributed by atoms with Gasteiger partial charge in [0.05, 0.1) is 24.5 Å². The predicted octanol–water partition coefficient (Wildman–Crippen LogP) is 2.47. The highest BCUT2D eigenvalue weighted by Crippen LogP contribution is 2.21. The molecule has 3 unspecified atom stereocenters. The zero-order chi connectivity index (χ0) is 15.8. The second-order valence-corrected chi connectivity index (χ2v) is 5.66. The molecule has 1 N–H and O–H groups in total. The highest BCUT2D eigenvalue weighted by atomic mass is 19.1. The monoisotopic (exact) mass is 297 g/mol. The fourth-order valence-electron chi connectivity index (χ4n) is 2.50. The lowest BCUT2D eigenvalue weighted by Gasteiger charge is -2.31. The molecule has 0 aliphatic heterocycles. The first kappa shape index (κ1) is 18.0. The molecule has 0 fully saturated rings. The van der Waals surface area contributed by atoms with Crippen molar-refractivity contribution >= 4 is 0 Å². The van der Waals surface area contributed by atoms with Gasteiger partial charge >= 0.3 is 0 Å². The van der Waals surface area contributed by atoms with Crippen molar-refractivity contribution in [2.45, 2.75) is 32.9 Å². The lowest BCUT2D eigenvalue weighted by atomic mass is 9.97. The van der Waals surface area contributed by atoms with E-state index in [1.165, 1.54) is 12.3 Å². The van der Waals surface area contributed by atoms with Gasteiger partial charge in [0, 0.05) is 19.7 Å². The first-order valence-corrected chi connectivity index (χ1v) is 7.53. The molecule has 0 aromatic carbocycles. The van der Waals surface area contributed by atoms with Gasteiger partial charge in [0.1, 0.15) is 5.82 Å². The molecule has 0 saturated carbocycles. The molecular formula is C16H28FN3O. The van der Waals surface area contributed by atoms with Crippen LogP contribution in [0.5, 0.6) is 0 Å². The maximum Gasteiger partial charge on any atom is 0.141 e. The smallest absolute Gasteiger partial charge is 0.141 e. The number of pyridine rings is 1. The summed E-state index contributed by atoms with van der Waals surface area (Å²) in [6.45, 7) is 8.89. The number of halogens is 1. The van der Waals surface area contributed by atoms with Crippen molar-refractivity contribution in [3.63, 3.8) is 0 Å². The Morgan fingerprint density at radius 3 is 2.62 bits per heavy atom. The van der Waals surface area contributed by atoms with Gasteiger partial charge in [-0.2, -0.15) is 0 Å². The van der Waals surface area contributed by atoms with E-state index in [-0.39, 0.29) is 11.9 Å². The number of aromatic nitrogens is 1. The van der Waals surface area contributed by atoms with Gasteiger partial charge in [0.2, 0.25) is 0 Å². The molecule has 4 nitrogen and oxygen atoms in total. The Morgan fingerprint density at radius 2 is 2.10 bits per heavy atom. The zero-order valence-corrected chi connectivity index (χ0v) is 13.8. The molecule has 0 spiro atoms. The SMILES string of the molecule is CCNC(c1ccc(F)cn1)C(C)CN(C)C(C)COC. The molecule has 1 aromatic rings. The topological polar surface area (TPSA) is 37.4 Å². The van der Waals surface area contributed by atoms with Gasteiger partial charge in [0.25, 0.3) is 0 Å². The second kappa shape index (κ2) is 9.07. The number of ether oxygens (including phenoxy) is 1. The summed E-state index contributed by atoms with van der Waals surface area (Å²) in [4.78, 5) is 6.51. The van der Waals surface area contributed by atoms with E-state index in [9.17, 15) is 4.39 Å². The molecule has 0 amide bonds. The van der Waals surface area contributed by atoms with Gasteiger partial charge in [-0.15, -0.1) is 0 Å². The minimum absolute atomic E-state index is 0.118. The van der Waals surface area contributed by atoms with Crippen molar-refractivity contribution in [3.8, 4) is 0 Å². The number of likely N-dealkylation sites (N-methyl/N-ethyl adjacent to an activating group) is 1. The van der Waals surface area contributed by atoms with Crippen LogP contribution in [0.3, 0.4) is 0 Å². The first-order chi connectivity index (χ1) is 9.99. The van der Waals surface area contributed by atoms with Gasteiger partial charge < -0.3 is 15.0 Å². The lowest BCUT2D eigenvalue weighted by Crippen LogP contribution is -2.40. The number of nitrogens with one attached hydrogen (secondary N) is 1. The normalized spacial score (nSPS) is 16.0. The Bertz CT molecular complexity index is 399. The molecular weight excluding hydrogens is 269 g/mol. The van der Waals surface area contributed by atoms with Crippen LogP contribution in [-0.2, 0) is 4.74 Å². The van der Waals surface area contributed by atoms with Crippen molar-refractivity contribution in [3.05, 3.63) is 29.8 Å². The molecule has 1 aromatic heterocycles. The summed E-state index contributed by atoms with van der Waals surface area (Å²) < 4.78 is 18.2. The third-order valence-corrected chi connectivity index (χ3v) is 3.80. The molecule has 0 bridgehead atoms. The summed E-state index contributed by atoms with van der Waals surface area (Å²) in [7, 11) is 3.82. The zero-order valence-electron chi connectivity index (χ0n) is 13.8. The van der Waals surface area contributed by atoms with Crippen LogP contribution < -0.4 is 5.32 Å². The van der Waals surface area contributed by atoms with Gasteiger partial charge in [-0.3, -0.25) is 4.98 Å². The fourth-order valence-corrected chi connectivity index (χ4v) is 2.50. The van der Waals surface area contributed by atoms with Crippen LogP contribution in [0.25, 0.3) is 0 Å². The van der Waals surface area contributed by atoms with Crippen molar-refractivity contribution in [1.29, 1.82) is 0 Å². The number of rotatable bonds is 9. The molecule has 0 saturated heterocycles. The second-order valence-electron chi connectivity index (χ2n) is 5.66. The largest absolute Gasteiger partial charge is 0.383 e. The Labute approximate surface area is 127 Å². The molecule has 21 heavy (non-hydrogen) atoms. The van der Waals surface area contributed by atoms with E-state index >= 15 is 0 Å². The summed E-state index contributed by atoms with van der Waals surface area (Å²) in [6, 6.07) is 3.71. The molecule has 120 valence electrons. The van der Waals surface area contributed by atoms with Crippen molar-refractivity contribution in [1.82, 2.24) is 15.2 Å². The molecule has 1 heterocycles. The molecule has 0 aliphatic carbocycles. The Kier molecular flexibility index (Phi) is 7.78. The van der Waals surface area contributed by atoms with E-state index in [1.807, 2.05) is 0 Å². The summed E-state index contributed by atoms with van der Waals surface area (Å²) in [5, 5.41) is 3.45. The highest BCUT2D eigenvalue weighted by Gasteiger charge is 2.22. The van der Waals surface area contributed by atoms with Crippen LogP contribution in [0.15, 0.2) is 18.3 Å². The maximum absolute atomic E-state index is 13.0. The van der Waals surface area contributed by atoms with E-state index in [0.717, 1.165) is 18.8 Å². The third-order valence-electron chi connectivity index (χ3n) is 3.80. The molecule has 0 radical (unpaired) electrons. The Morgan fingerprint density at radius 1 is 1.38 bits per heavy atom. The fraction of sp³-hybridized carbons (Fsp3) is 0.688. The molecule has 0 aliphatic rings. The number of nitrogens with zero attached hydrogens (tertiary/aromatic N) is 2. The molecule has 3 atom stereocenters. The van der Waals surface area contributed by atoms with E-state index in [0.29, 0.717) is 18.6 Å². The maximum atomic E-state index is 13.0. The Hall–Kier alpha value is -1.04. The van der Waals surface area contributed by atoms with Crippen LogP contribution in [0.2, 0.25) is 0 Å². The average Bonchev–Trinajstić information content (AvgIpc) is 2.46. The standard InChI is InChI=1S/C16H28FN3O/c1-6-18-16(15-8-7-14(17)9-19-15)12(2)10-20(4)13(3)11-21-5/h7-9,12-13,16,18H,6,10-11H2,1-5H3. The van der Waals surface area contributed by atoms with E-state index in [4.69, 9.17) is 4.74 Å². The van der Waals surface area contributed by atoms with Crippen LogP contribution in [-0.4, -0.2) is 49.8 Å². The van der Waals surface area contributed by atoms with Gasteiger partial charge in [0.15, 0.2) is 0 Å². The minimum Gasteiger partial charge on any atom is -0.383 e. The van der Waals surface area contributed by atoms with Crippen molar-refractivity contribution in [2.24, 2.45) is 5.92 Å². The van der Waals surface area contributed by atoms with Crippen LogP contribution >= 0.6 is 0 Å². The molecule has 5 heteroatoms. The van der Waals surface area contributed by atoms with Gasteiger partial charge in [-0.25, -0.2) is 4.39 Å². The highest BCUT2D eigenvalue weighted by molar-refractivity contribution is 5.11.